The zero-order valence-electron chi connectivity index (χ0n) is 10.8. The van der Waals surface area contributed by atoms with Crippen molar-refractivity contribution in [3.05, 3.63) is 28.6 Å². The quantitative estimate of drug-likeness (QED) is 0.881. The molecule has 0 saturated heterocycles. The van der Waals surface area contributed by atoms with E-state index in [0.29, 0.717) is 6.54 Å². The van der Waals surface area contributed by atoms with Gasteiger partial charge in [0.15, 0.2) is 0 Å². The molecule has 0 spiro atoms. The summed E-state index contributed by atoms with van der Waals surface area (Å²) < 4.78 is 6.59. The van der Waals surface area contributed by atoms with Crippen LogP contribution in [0.5, 0.6) is 5.75 Å². The van der Waals surface area contributed by atoms with Gasteiger partial charge in [-0.15, -0.1) is 11.3 Å². The molecule has 0 unspecified atom stereocenters. The SMILES string of the molecule is COc1ccc2sc(CN)c(C(C)(C)C)c2c1. The average molecular weight is 249 g/mol. The van der Waals surface area contributed by atoms with Gasteiger partial charge in [-0.25, -0.2) is 0 Å². The topological polar surface area (TPSA) is 35.2 Å². The zero-order chi connectivity index (χ0) is 12.6. The first kappa shape index (κ1) is 12.4. The minimum absolute atomic E-state index is 0.110. The predicted octanol–water partition coefficient (Wildman–Crippen LogP) is 3.67. The molecule has 2 nitrogen and oxygen atoms in total. The number of ether oxygens (including phenoxy) is 1. The van der Waals surface area contributed by atoms with Crippen molar-refractivity contribution in [2.75, 3.05) is 7.11 Å². The fourth-order valence-electron chi connectivity index (χ4n) is 2.22. The minimum atomic E-state index is 0.110. The maximum Gasteiger partial charge on any atom is 0.119 e. The lowest BCUT2D eigenvalue weighted by atomic mass is 9.85. The van der Waals surface area contributed by atoms with Crippen molar-refractivity contribution in [2.24, 2.45) is 5.73 Å². The third-order valence-corrected chi connectivity index (χ3v) is 4.10. The van der Waals surface area contributed by atoms with Crippen LogP contribution >= 0.6 is 11.3 Å². The molecule has 0 saturated carbocycles. The van der Waals surface area contributed by atoms with E-state index in [2.05, 4.69) is 32.9 Å². The lowest BCUT2D eigenvalue weighted by molar-refractivity contribution is 0.415. The fourth-order valence-corrected chi connectivity index (χ4v) is 3.49. The molecule has 0 aliphatic rings. The zero-order valence-corrected chi connectivity index (χ0v) is 11.6. The normalized spacial score (nSPS) is 12.1. The highest BCUT2D eigenvalue weighted by Crippen LogP contribution is 2.40. The van der Waals surface area contributed by atoms with Crippen LogP contribution in [0.15, 0.2) is 18.2 Å². The van der Waals surface area contributed by atoms with Crippen LogP contribution in [0.2, 0.25) is 0 Å². The summed E-state index contributed by atoms with van der Waals surface area (Å²) in [5, 5.41) is 1.28. The first-order valence-corrected chi connectivity index (χ1v) is 6.59. The number of methoxy groups -OCH3 is 1. The molecule has 0 aliphatic heterocycles. The molecule has 0 atom stereocenters. The molecule has 3 heteroatoms. The first-order valence-electron chi connectivity index (χ1n) is 5.77. The summed E-state index contributed by atoms with van der Waals surface area (Å²) in [6.07, 6.45) is 0. The van der Waals surface area contributed by atoms with Crippen molar-refractivity contribution >= 4 is 21.4 Å². The molecule has 2 N–H and O–H groups in total. The molecule has 2 rings (SSSR count). The van der Waals surface area contributed by atoms with Crippen LogP contribution in [0.4, 0.5) is 0 Å². The number of hydrogen-bond donors (Lipinski definition) is 1. The van der Waals surface area contributed by atoms with Crippen LogP contribution < -0.4 is 10.5 Å². The summed E-state index contributed by atoms with van der Waals surface area (Å²) in [4.78, 5) is 1.28. The lowest BCUT2D eigenvalue weighted by Gasteiger charge is -2.20. The van der Waals surface area contributed by atoms with Gasteiger partial charge in [0.05, 0.1) is 7.11 Å². The summed E-state index contributed by atoms with van der Waals surface area (Å²) in [5.74, 6) is 0.907. The maximum atomic E-state index is 5.86. The predicted molar refractivity (Wildman–Crippen MR) is 75.0 cm³/mol. The molecule has 0 bridgehead atoms. The Morgan fingerprint density at radius 1 is 1.29 bits per heavy atom. The van der Waals surface area contributed by atoms with E-state index in [1.54, 1.807) is 18.4 Å². The molecule has 1 heterocycles. The van der Waals surface area contributed by atoms with E-state index in [4.69, 9.17) is 10.5 Å². The molecular weight excluding hydrogens is 230 g/mol. The van der Waals surface area contributed by atoms with Crippen molar-refractivity contribution in [1.29, 1.82) is 0 Å². The van der Waals surface area contributed by atoms with Gasteiger partial charge in [0.25, 0.3) is 0 Å². The van der Waals surface area contributed by atoms with Crippen LogP contribution in [-0.4, -0.2) is 7.11 Å². The van der Waals surface area contributed by atoms with Gasteiger partial charge in [-0.05, 0) is 29.2 Å². The number of nitrogens with two attached hydrogens (primary N) is 1. The Balaban J connectivity index is 2.76. The van der Waals surface area contributed by atoms with Gasteiger partial charge >= 0.3 is 0 Å². The highest BCUT2D eigenvalue weighted by atomic mass is 32.1. The van der Waals surface area contributed by atoms with E-state index >= 15 is 0 Å². The second-order valence-electron chi connectivity index (χ2n) is 5.22. The van der Waals surface area contributed by atoms with E-state index in [9.17, 15) is 0 Å². The Bertz CT molecular complexity index is 537. The number of benzene rings is 1. The molecule has 92 valence electrons. The van der Waals surface area contributed by atoms with Crippen LogP contribution in [0.25, 0.3) is 10.1 Å². The standard InChI is InChI=1S/C14H19NOS/c1-14(2,3)13-10-7-9(16-4)5-6-11(10)17-12(13)8-15/h5-7H,8,15H2,1-4H3. The lowest BCUT2D eigenvalue weighted by Crippen LogP contribution is -2.14. The summed E-state index contributed by atoms with van der Waals surface area (Å²) in [5.41, 5.74) is 7.33. The summed E-state index contributed by atoms with van der Waals surface area (Å²) in [6.45, 7) is 7.29. The summed E-state index contributed by atoms with van der Waals surface area (Å²) in [7, 11) is 1.70. The van der Waals surface area contributed by atoms with Gasteiger partial charge in [0.1, 0.15) is 5.75 Å². The molecule has 0 fully saturated rings. The van der Waals surface area contributed by atoms with Gasteiger partial charge in [-0.1, -0.05) is 20.8 Å². The Hall–Kier alpha value is -1.06. The second-order valence-corrected chi connectivity index (χ2v) is 6.35. The molecule has 1 aromatic heterocycles. The number of rotatable bonds is 2. The van der Waals surface area contributed by atoms with Crippen molar-refractivity contribution in [1.82, 2.24) is 0 Å². The molecule has 0 amide bonds. The van der Waals surface area contributed by atoms with Crippen molar-refractivity contribution < 1.29 is 4.74 Å². The Morgan fingerprint density at radius 2 is 2.00 bits per heavy atom. The van der Waals surface area contributed by atoms with Gasteiger partial charge in [-0.2, -0.15) is 0 Å². The molecule has 2 aromatic rings. The summed E-state index contributed by atoms with van der Waals surface area (Å²) in [6, 6.07) is 6.24. The van der Waals surface area contributed by atoms with E-state index in [-0.39, 0.29) is 5.41 Å². The van der Waals surface area contributed by atoms with Crippen LogP contribution in [0.3, 0.4) is 0 Å². The van der Waals surface area contributed by atoms with Crippen LogP contribution in [0, 0.1) is 0 Å². The minimum Gasteiger partial charge on any atom is -0.497 e. The molecule has 17 heavy (non-hydrogen) atoms. The van der Waals surface area contributed by atoms with Crippen molar-refractivity contribution in [3.8, 4) is 5.75 Å². The van der Waals surface area contributed by atoms with Crippen molar-refractivity contribution in [2.45, 2.75) is 32.7 Å². The highest BCUT2D eigenvalue weighted by molar-refractivity contribution is 7.19. The van der Waals surface area contributed by atoms with Gasteiger partial charge < -0.3 is 10.5 Å². The Morgan fingerprint density at radius 3 is 2.53 bits per heavy atom. The van der Waals surface area contributed by atoms with Gasteiger partial charge in [0, 0.05) is 21.5 Å². The monoisotopic (exact) mass is 249 g/mol. The summed E-state index contributed by atoms with van der Waals surface area (Å²) >= 11 is 1.79. The maximum absolute atomic E-state index is 5.86. The van der Waals surface area contributed by atoms with Crippen LogP contribution in [-0.2, 0) is 12.0 Å². The number of fused-ring (bicyclic) bond motifs is 1. The van der Waals surface area contributed by atoms with E-state index in [1.165, 1.54) is 20.5 Å². The third kappa shape index (κ3) is 2.17. The second kappa shape index (κ2) is 4.31. The first-order chi connectivity index (χ1) is 7.97. The van der Waals surface area contributed by atoms with Gasteiger partial charge in [0.2, 0.25) is 0 Å². The largest absolute Gasteiger partial charge is 0.497 e. The van der Waals surface area contributed by atoms with Crippen molar-refractivity contribution in [3.63, 3.8) is 0 Å². The van der Waals surface area contributed by atoms with E-state index in [1.807, 2.05) is 6.07 Å². The molecule has 1 aromatic carbocycles. The smallest absolute Gasteiger partial charge is 0.119 e. The van der Waals surface area contributed by atoms with Crippen LogP contribution in [0.1, 0.15) is 31.2 Å². The third-order valence-electron chi connectivity index (χ3n) is 2.90. The molecule has 0 aliphatic carbocycles. The number of thiophene rings is 1. The fraction of sp³-hybridized carbons (Fsp3) is 0.429. The van der Waals surface area contributed by atoms with E-state index < -0.39 is 0 Å². The Labute approximate surface area is 106 Å². The molecule has 0 radical (unpaired) electrons. The van der Waals surface area contributed by atoms with Gasteiger partial charge in [-0.3, -0.25) is 0 Å². The van der Waals surface area contributed by atoms with E-state index in [0.717, 1.165) is 5.75 Å². The highest BCUT2D eigenvalue weighted by Gasteiger charge is 2.23. The Kier molecular flexibility index (Phi) is 3.15. The number of hydrogen-bond acceptors (Lipinski definition) is 3. The average Bonchev–Trinajstić information content (AvgIpc) is 2.65. The molecular formula is C14H19NOS.